The Morgan fingerprint density at radius 2 is 2.29 bits per heavy atom. The fourth-order valence-corrected chi connectivity index (χ4v) is 2.22. The molecule has 2 N–H and O–H groups in total. The summed E-state index contributed by atoms with van der Waals surface area (Å²) in [6.07, 6.45) is 2.03. The van der Waals surface area contributed by atoms with Crippen LogP contribution < -0.4 is 5.32 Å². The van der Waals surface area contributed by atoms with Gasteiger partial charge in [-0.25, -0.2) is 0 Å². The van der Waals surface area contributed by atoms with Crippen molar-refractivity contribution in [2.45, 2.75) is 32.8 Å². The summed E-state index contributed by atoms with van der Waals surface area (Å²) in [5, 5.41) is 12.7. The van der Waals surface area contributed by atoms with Crippen LogP contribution in [0.2, 0.25) is 0 Å². The smallest absolute Gasteiger partial charge is 0.0679 e. The molecule has 1 heterocycles. The van der Waals surface area contributed by atoms with Crippen LogP contribution in [0.15, 0.2) is 0 Å². The van der Waals surface area contributed by atoms with E-state index in [9.17, 15) is 5.11 Å². The van der Waals surface area contributed by atoms with E-state index >= 15 is 0 Å². The summed E-state index contributed by atoms with van der Waals surface area (Å²) in [4.78, 5) is 2.38. The molecule has 0 amide bonds. The van der Waals surface area contributed by atoms with E-state index in [1.165, 1.54) is 6.42 Å². The lowest BCUT2D eigenvalue weighted by atomic mass is 9.87. The van der Waals surface area contributed by atoms with Gasteiger partial charge in [-0.15, -0.1) is 0 Å². The number of nitrogens with one attached hydrogen (secondary N) is 1. The first-order chi connectivity index (χ1) is 6.59. The molecule has 1 aliphatic rings. The summed E-state index contributed by atoms with van der Waals surface area (Å²) in [6, 6.07) is 0. The van der Waals surface area contributed by atoms with Gasteiger partial charge in [0.2, 0.25) is 0 Å². The molecule has 0 aromatic heterocycles. The summed E-state index contributed by atoms with van der Waals surface area (Å²) in [6.45, 7) is 8.62. The largest absolute Gasteiger partial charge is 0.392 e. The summed E-state index contributed by atoms with van der Waals surface area (Å²) >= 11 is 0. The molecule has 1 fully saturated rings. The van der Waals surface area contributed by atoms with Gasteiger partial charge in [0.15, 0.2) is 0 Å². The van der Waals surface area contributed by atoms with Crippen LogP contribution in [-0.2, 0) is 0 Å². The maximum atomic E-state index is 9.44. The first-order valence-electron chi connectivity index (χ1n) is 5.64. The van der Waals surface area contributed by atoms with Gasteiger partial charge in [-0.3, -0.25) is 0 Å². The molecule has 2 unspecified atom stereocenters. The number of aliphatic hydroxyl groups excluding tert-OH is 1. The topological polar surface area (TPSA) is 35.5 Å². The maximum Gasteiger partial charge on any atom is 0.0679 e. The van der Waals surface area contributed by atoms with E-state index < -0.39 is 0 Å². The van der Waals surface area contributed by atoms with Crippen LogP contribution in [0.25, 0.3) is 0 Å². The Balaban J connectivity index is 2.39. The molecule has 3 heteroatoms. The molecule has 0 aromatic rings. The van der Waals surface area contributed by atoms with Crippen LogP contribution in [0.4, 0.5) is 0 Å². The molecule has 0 spiro atoms. The standard InChI is InChI=1S/C11H24N2O/c1-4-11(2,8-12-3)9-13-6-5-10(14)7-13/h10,12,14H,4-9H2,1-3H3. The van der Waals surface area contributed by atoms with Crippen LogP contribution in [-0.4, -0.2) is 49.3 Å². The van der Waals surface area contributed by atoms with E-state index in [-0.39, 0.29) is 6.10 Å². The van der Waals surface area contributed by atoms with Gasteiger partial charge in [-0.2, -0.15) is 0 Å². The minimum atomic E-state index is -0.0920. The molecule has 3 nitrogen and oxygen atoms in total. The molecule has 1 saturated heterocycles. The molecule has 1 rings (SSSR count). The highest BCUT2D eigenvalue weighted by Gasteiger charge is 2.28. The van der Waals surface area contributed by atoms with Crippen molar-refractivity contribution in [1.82, 2.24) is 10.2 Å². The van der Waals surface area contributed by atoms with Crippen LogP contribution in [0.5, 0.6) is 0 Å². The lowest BCUT2D eigenvalue weighted by Crippen LogP contribution is -2.40. The van der Waals surface area contributed by atoms with Crippen LogP contribution in [0.3, 0.4) is 0 Å². The van der Waals surface area contributed by atoms with Crippen LogP contribution in [0, 0.1) is 5.41 Å². The monoisotopic (exact) mass is 200 g/mol. The van der Waals surface area contributed by atoms with Gasteiger partial charge in [-0.1, -0.05) is 13.8 Å². The van der Waals surface area contributed by atoms with Crippen molar-refractivity contribution in [3.05, 3.63) is 0 Å². The Bertz CT molecular complexity index is 175. The summed E-state index contributed by atoms with van der Waals surface area (Å²) in [5.41, 5.74) is 0.346. The molecule has 2 atom stereocenters. The minimum Gasteiger partial charge on any atom is -0.392 e. The fraction of sp³-hybridized carbons (Fsp3) is 1.00. The average Bonchev–Trinajstić information content (AvgIpc) is 2.51. The maximum absolute atomic E-state index is 9.44. The van der Waals surface area contributed by atoms with E-state index in [1.807, 2.05) is 7.05 Å². The number of rotatable bonds is 5. The second-order valence-corrected chi connectivity index (χ2v) is 4.87. The summed E-state index contributed by atoms with van der Waals surface area (Å²) in [7, 11) is 2.01. The first-order valence-corrected chi connectivity index (χ1v) is 5.64. The third kappa shape index (κ3) is 3.23. The Morgan fingerprint density at radius 3 is 2.71 bits per heavy atom. The molecule has 1 aliphatic heterocycles. The fourth-order valence-electron chi connectivity index (χ4n) is 2.22. The molecule has 0 radical (unpaired) electrons. The molecule has 0 bridgehead atoms. The van der Waals surface area contributed by atoms with Crippen molar-refractivity contribution in [1.29, 1.82) is 0 Å². The van der Waals surface area contributed by atoms with Crippen LogP contribution >= 0.6 is 0 Å². The van der Waals surface area contributed by atoms with E-state index in [1.54, 1.807) is 0 Å². The minimum absolute atomic E-state index is 0.0920. The quantitative estimate of drug-likeness (QED) is 0.685. The molecule has 84 valence electrons. The average molecular weight is 200 g/mol. The molecule has 0 saturated carbocycles. The summed E-state index contributed by atoms with van der Waals surface area (Å²) in [5.74, 6) is 0. The van der Waals surface area contributed by atoms with E-state index in [0.29, 0.717) is 5.41 Å². The van der Waals surface area contributed by atoms with Crippen molar-refractivity contribution >= 4 is 0 Å². The van der Waals surface area contributed by atoms with Gasteiger partial charge in [0.25, 0.3) is 0 Å². The molecule has 0 aromatic carbocycles. The Kier molecular flexibility index (Phi) is 4.35. The zero-order valence-electron chi connectivity index (χ0n) is 9.71. The number of likely N-dealkylation sites (tertiary alicyclic amines) is 1. The normalized spacial score (nSPS) is 27.9. The SMILES string of the molecule is CCC(C)(CNC)CN1CCC(O)C1. The molecule has 0 aliphatic carbocycles. The van der Waals surface area contributed by atoms with Crippen molar-refractivity contribution in [2.24, 2.45) is 5.41 Å². The number of aliphatic hydroxyl groups is 1. The first kappa shape index (κ1) is 12.0. The van der Waals surface area contributed by atoms with Crippen LogP contribution in [0.1, 0.15) is 26.7 Å². The van der Waals surface area contributed by atoms with Gasteiger partial charge in [0.1, 0.15) is 0 Å². The van der Waals surface area contributed by atoms with Crippen molar-refractivity contribution in [2.75, 3.05) is 33.2 Å². The van der Waals surface area contributed by atoms with Gasteiger partial charge in [-0.05, 0) is 25.3 Å². The predicted molar refractivity (Wildman–Crippen MR) is 59.4 cm³/mol. The number of β-amino-alcohol motifs (C(OH)–C–C–N with tert-alkyl or cyclic N) is 1. The Hall–Kier alpha value is -0.120. The zero-order valence-corrected chi connectivity index (χ0v) is 9.71. The van der Waals surface area contributed by atoms with Crippen molar-refractivity contribution in [3.63, 3.8) is 0 Å². The van der Waals surface area contributed by atoms with Gasteiger partial charge < -0.3 is 15.3 Å². The number of hydrogen-bond acceptors (Lipinski definition) is 3. The second kappa shape index (κ2) is 5.10. The highest BCUT2D eigenvalue weighted by molar-refractivity contribution is 4.83. The van der Waals surface area contributed by atoms with E-state index in [2.05, 4.69) is 24.1 Å². The van der Waals surface area contributed by atoms with Gasteiger partial charge in [0, 0.05) is 26.2 Å². The zero-order chi connectivity index (χ0) is 10.6. The third-order valence-corrected chi connectivity index (χ3v) is 3.31. The molecule has 14 heavy (non-hydrogen) atoms. The van der Waals surface area contributed by atoms with Gasteiger partial charge >= 0.3 is 0 Å². The highest BCUT2D eigenvalue weighted by atomic mass is 16.3. The molecular formula is C11H24N2O. The predicted octanol–water partition coefficient (Wildman–Crippen LogP) is 0.689. The molecular weight excluding hydrogens is 176 g/mol. The van der Waals surface area contributed by atoms with Crippen molar-refractivity contribution in [3.8, 4) is 0 Å². The van der Waals surface area contributed by atoms with Crippen molar-refractivity contribution < 1.29 is 5.11 Å². The summed E-state index contributed by atoms with van der Waals surface area (Å²) < 4.78 is 0. The van der Waals surface area contributed by atoms with E-state index in [0.717, 1.165) is 32.6 Å². The number of nitrogens with zero attached hydrogens (tertiary/aromatic N) is 1. The third-order valence-electron chi connectivity index (χ3n) is 3.31. The number of hydrogen-bond donors (Lipinski definition) is 2. The lowest BCUT2D eigenvalue weighted by Gasteiger charge is -2.32. The second-order valence-electron chi connectivity index (χ2n) is 4.87. The lowest BCUT2D eigenvalue weighted by molar-refractivity contribution is 0.145. The van der Waals surface area contributed by atoms with Gasteiger partial charge in [0.05, 0.1) is 6.10 Å². The Labute approximate surface area is 87.5 Å². The Morgan fingerprint density at radius 1 is 1.57 bits per heavy atom. The highest BCUT2D eigenvalue weighted by Crippen LogP contribution is 2.23. The van der Waals surface area contributed by atoms with E-state index in [4.69, 9.17) is 0 Å².